The molecule has 0 radical (unpaired) electrons. The highest BCUT2D eigenvalue weighted by atomic mass is 35.5. The van der Waals surface area contributed by atoms with Crippen LogP contribution in [0.3, 0.4) is 0 Å². The van der Waals surface area contributed by atoms with E-state index in [1.807, 2.05) is 29.2 Å². The number of para-hydroxylation sites is 2. The van der Waals surface area contributed by atoms with Crippen molar-refractivity contribution in [2.24, 2.45) is 0 Å². The summed E-state index contributed by atoms with van der Waals surface area (Å²) in [6.07, 6.45) is -5.24. The smallest absolute Gasteiger partial charge is 0.416 e. The minimum atomic E-state index is -4.35. The van der Waals surface area contributed by atoms with Crippen LogP contribution in [0.1, 0.15) is 5.56 Å². The zero-order valence-electron chi connectivity index (χ0n) is 18.0. The van der Waals surface area contributed by atoms with Gasteiger partial charge in [0.15, 0.2) is 17.6 Å². The molecule has 2 atom stereocenters. The molecular weight excluding hydrogens is 461 g/mol. The molecule has 0 aliphatic carbocycles. The Hall–Kier alpha value is -2.20. The van der Waals surface area contributed by atoms with Crippen LogP contribution in [0.5, 0.6) is 11.5 Å². The number of ether oxygens (including phenoxy) is 3. The Bertz CT molecular complexity index is 894. The van der Waals surface area contributed by atoms with Crippen molar-refractivity contribution in [3.05, 3.63) is 54.1 Å². The van der Waals surface area contributed by atoms with Crippen molar-refractivity contribution in [3.8, 4) is 11.5 Å². The molecule has 1 saturated heterocycles. The van der Waals surface area contributed by atoms with E-state index in [4.69, 9.17) is 14.2 Å². The zero-order valence-corrected chi connectivity index (χ0v) is 18.9. The summed E-state index contributed by atoms with van der Waals surface area (Å²) in [6, 6.07) is 12.9. The van der Waals surface area contributed by atoms with Crippen LogP contribution in [0, 0.1) is 0 Å². The molecule has 2 unspecified atom stereocenters. The highest BCUT2D eigenvalue weighted by Crippen LogP contribution is 2.32. The molecule has 2 aromatic carbocycles. The van der Waals surface area contributed by atoms with Gasteiger partial charge in [-0.3, -0.25) is 4.90 Å². The van der Waals surface area contributed by atoms with Crippen LogP contribution in [-0.4, -0.2) is 74.8 Å². The fourth-order valence-corrected chi connectivity index (χ4v) is 3.90. The number of alkyl halides is 3. The minimum absolute atomic E-state index is 0. The third-order valence-electron chi connectivity index (χ3n) is 5.56. The average Bonchev–Trinajstić information content (AvgIpc) is 2.79. The fraction of sp³-hybridized carbons (Fsp3) is 0.478. The van der Waals surface area contributed by atoms with Crippen LogP contribution < -0.4 is 14.4 Å². The summed E-state index contributed by atoms with van der Waals surface area (Å²) in [7, 11) is 0. The molecule has 33 heavy (non-hydrogen) atoms. The third-order valence-corrected chi connectivity index (χ3v) is 5.56. The van der Waals surface area contributed by atoms with Crippen molar-refractivity contribution in [1.82, 2.24) is 4.90 Å². The largest absolute Gasteiger partial charge is 0.486 e. The SMILES string of the molecule is Cl.OC(COCC1COc2ccccc2O1)CN1CCN(c2cccc(C(F)(F)F)c2)CC1. The lowest BCUT2D eigenvalue weighted by Gasteiger charge is -2.37. The number of hydrogen-bond acceptors (Lipinski definition) is 6. The Morgan fingerprint density at radius 3 is 2.48 bits per heavy atom. The van der Waals surface area contributed by atoms with E-state index in [9.17, 15) is 18.3 Å². The lowest BCUT2D eigenvalue weighted by atomic mass is 10.1. The number of nitrogens with zero attached hydrogens (tertiary/aromatic N) is 2. The molecule has 0 saturated carbocycles. The molecule has 4 rings (SSSR count). The quantitative estimate of drug-likeness (QED) is 0.644. The number of halogens is 4. The van der Waals surface area contributed by atoms with Gasteiger partial charge in [0.2, 0.25) is 0 Å². The van der Waals surface area contributed by atoms with Gasteiger partial charge in [0.05, 0.1) is 24.9 Å². The number of benzene rings is 2. The molecule has 2 aromatic rings. The second-order valence-electron chi connectivity index (χ2n) is 8.02. The number of hydrogen-bond donors (Lipinski definition) is 1. The second-order valence-corrected chi connectivity index (χ2v) is 8.02. The molecule has 0 bridgehead atoms. The summed E-state index contributed by atoms with van der Waals surface area (Å²) < 4.78 is 55.9. The number of aliphatic hydroxyl groups is 1. The predicted octanol–water partition coefficient (Wildman–Crippen LogP) is 3.47. The monoisotopic (exact) mass is 488 g/mol. The Morgan fingerprint density at radius 1 is 1.03 bits per heavy atom. The number of piperazine rings is 1. The second kappa shape index (κ2) is 11.3. The van der Waals surface area contributed by atoms with Gasteiger partial charge in [-0.1, -0.05) is 18.2 Å². The maximum atomic E-state index is 12.9. The van der Waals surface area contributed by atoms with Gasteiger partial charge in [-0.2, -0.15) is 13.2 Å². The van der Waals surface area contributed by atoms with E-state index in [1.165, 1.54) is 12.1 Å². The molecule has 2 aliphatic heterocycles. The van der Waals surface area contributed by atoms with E-state index >= 15 is 0 Å². The van der Waals surface area contributed by atoms with Crippen molar-refractivity contribution >= 4 is 18.1 Å². The molecule has 1 fully saturated rings. The molecule has 0 amide bonds. The molecule has 0 aromatic heterocycles. The molecule has 0 spiro atoms. The van der Waals surface area contributed by atoms with Crippen LogP contribution in [0.4, 0.5) is 18.9 Å². The number of rotatable bonds is 7. The normalized spacial score (nSPS) is 19.6. The van der Waals surface area contributed by atoms with E-state index in [1.54, 1.807) is 6.07 Å². The van der Waals surface area contributed by atoms with Crippen molar-refractivity contribution < 1.29 is 32.5 Å². The van der Waals surface area contributed by atoms with E-state index in [2.05, 4.69) is 4.90 Å². The molecule has 6 nitrogen and oxygen atoms in total. The molecule has 10 heteroatoms. The highest BCUT2D eigenvalue weighted by Gasteiger charge is 2.31. The van der Waals surface area contributed by atoms with Gasteiger partial charge in [0, 0.05) is 38.4 Å². The molecule has 1 N–H and O–H groups in total. The zero-order chi connectivity index (χ0) is 22.6. The van der Waals surface area contributed by atoms with Crippen LogP contribution in [0.25, 0.3) is 0 Å². The molecule has 2 heterocycles. The van der Waals surface area contributed by atoms with Gasteiger partial charge >= 0.3 is 6.18 Å². The number of aliphatic hydroxyl groups excluding tert-OH is 1. The standard InChI is InChI=1S/C23H27F3N2O4.ClH/c24-23(25,26)17-4-3-5-18(12-17)28-10-8-27(9-11-28)13-19(29)14-30-15-20-16-31-21-6-1-2-7-22(21)32-20;/h1-7,12,19-20,29H,8-11,13-16H2;1H. The van der Waals surface area contributed by atoms with Crippen molar-refractivity contribution in [1.29, 1.82) is 0 Å². The summed E-state index contributed by atoms with van der Waals surface area (Å²) in [5, 5.41) is 10.3. The third kappa shape index (κ3) is 6.89. The maximum absolute atomic E-state index is 12.9. The highest BCUT2D eigenvalue weighted by molar-refractivity contribution is 5.85. The Balaban J connectivity index is 0.00000306. The van der Waals surface area contributed by atoms with Gasteiger partial charge in [0.1, 0.15) is 6.61 Å². The average molecular weight is 489 g/mol. The molecule has 182 valence electrons. The minimum Gasteiger partial charge on any atom is -0.486 e. The Kier molecular flexibility index (Phi) is 8.69. The van der Waals surface area contributed by atoms with Crippen molar-refractivity contribution in [2.45, 2.75) is 18.4 Å². The topological polar surface area (TPSA) is 54.4 Å². The van der Waals surface area contributed by atoms with E-state index in [-0.39, 0.29) is 25.1 Å². The van der Waals surface area contributed by atoms with Gasteiger partial charge in [-0.05, 0) is 30.3 Å². The summed E-state index contributed by atoms with van der Waals surface area (Å²) in [5.41, 5.74) is -0.0690. The van der Waals surface area contributed by atoms with E-state index in [0.29, 0.717) is 63.1 Å². The van der Waals surface area contributed by atoms with Crippen LogP contribution in [0.2, 0.25) is 0 Å². The van der Waals surface area contributed by atoms with E-state index in [0.717, 1.165) is 6.07 Å². The number of fused-ring (bicyclic) bond motifs is 1. The summed E-state index contributed by atoms with van der Waals surface area (Å²) in [5.74, 6) is 1.40. The Labute approximate surface area is 197 Å². The van der Waals surface area contributed by atoms with Gasteiger partial charge in [-0.25, -0.2) is 0 Å². The predicted molar refractivity (Wildman–Crippen MR) is 121 cm³/mol. The fourth-order valence-electron chi connectivity index (χ4n) is 3.90. The molecular formula is C23H28ClF3N2O4. The van der Waals surface area contributed by atoms with Crippen LogP contribution in [-0.2, 0) is 10.9 Å². The Morgan fingerprint density at radius 2 is 1.76 bits per heavy atom. The lowest BCUT2D eigenvalue weighted by Crippen LogP contribution is -2.49. The van der Waals surface area contributed by atoms with E-state index < -0.39 is 17.8 Å². The first-order valence-corrected chi connectivity index (χ1v) is 10.7. The first-order valence-electron chi connectivity index (χ1n) is 10.7. The van der Waals surface area contributed by atoms with Gasteiger partial charge < -0.3 is 24.2 Å². The first-order chi connectivity index (χ1) is 15.4. The van der Waals surface area contributed by atoms with Crippen molar-refractivity contribution in [3.63, 3.8) is 0 Å². The van der Waals surface area contributed by atoms with Gasteiger partial charge in [-0.15, -0.1) is 12.4 Å². The lowest BCUT2D eigenvalue weighted by molar-refractivity contribution is -0.137. The van der Waals surface area contributed by atoms with Crippen molar-refractivity contribution in [2.75, 3.05) is 57.4 Å². The maximum Gasteiger partial charge on any atom is 0.416 e. The van der Waals surface area contributed by atoms with Crippen LogP contribution >= 0.6 is 12.4 Å². The summed E-state index contributed by atoms with van der Waals surface area (Å²) in [6.45, 7) is 3.84. The first kappa shape index (κ1) is 25.4. The van der Waals surface area contributed by atoms with Gasteiger partial charge in [0.25, 0.3) is 0 Å². The number of anilines is 1. The summed E-state index contributed by atoms with van der Waals surface area (Å²) >= 11 is 0. The number of β-amino-alcohol motifs (C(OH)–C–C–N with tert-alkyl or cyclic N) is 1. The molecule has 2 aliphatic rings. The van der Waals surface area contributed by atoms with Crippen LogP contribution in [0.15, 0.2) is 48.5 Å². The summed E-state index contributed by atoms with van der Waals surface area (Å²) in [4.78, 5) is 4.03.